The van der Waals surface area contributed by atoms with Crippen molar-refractivity contribution in [1.82, 2.24) is 20.4 Å². The highest BCUT2D eigenvalue weighted by molar-refractivity contribution is 5.79. The summed E-state index contributed by atoms with van der Waals surface area (Å²) in [7, 11) is 1.93. The van der Waals surface area contributed by atoms with E-state index in [1.165, 1.54) is 5.56 Å². The molecule has 130 valence electrons. The largest absolute Gasteiger partial charge is 0.494 e. The second kappa shape index (κ2) is 9.60. The Bertz CT molecular complexity index is 650. The third-order valence-electron chi connectivity index (χ3n) is 3.49. The van der Waals surface area contributed by atoms with E-state index in [1.807, 2.05) is 55.3 Å². The standard InChI is InChI=1S/C18H27N5O/c1-4-19-18(20-11-10-15-12-22-23(3)14-15)21-13-16-8-6-7-9-17(16)24-5-2/h6-9,12,14H,4-5,10-11,13H2,1-3H3,(H2,19,20,21). The summed E-state index contributed by atoms with van der Waals surface area (Å²) < 4.78 is 7.47. The molecule has 0 spiro atoms. The number of hydrogen-bond acceptors (Lipinski definition) is 3. The van der Waals surface area contributed by atoms with E-state index < -0.39 is 0 Å². The first-order valence-corrected chi connectivity index (χ1v) is 8.43. The Balaban J connectivity index is 1.92. The van der Waals surface area contributed by atoms with Crippen LogP contribution in [0.1, 0.15) is 25.0 Å². The predicted molar refractivity (Wildman–Crippen MR) is 97.3 cm³/mol. The first kappa shape index (κ1) is 17.8. The molecule has 0 radical (unpaired) electrons. The van der Waals surface area contributed by atoms with Crippen LogP contribution in [-0.4, -0.2) is 35.4 Å². The fraction of sp³-hybridized carbons (Fsp3) is 0.444. The molecule has 2 rings (SSSR count). The Hall–Kier alpha value is -2.50. The predicted octanol–water partition coefficient (Wildman–Crippen LogP) is 2.12. The monoisotopic (exact) mass is 329 g/mol. The lowest BCUT2D eigenvalue weighted by Crippen LogP contribution is -2.38. The van der Waals surface area contributed by atoms with Crippen LogP contribution < -0.4 is 15.4 Å². The summed E-state index contributed by atoms with van der Waals surface area (Å²) in [5.74, 6) is 1.71. The fourth-order valence-corrected chi connectivity index (χ4v) is 2.36. The molecule has 0 aliphatic heterocycles. The molecular weight excluding hydrogens is 302 g/mol. The lowest BCUT2D eigenvalue weighted by atomic mass is 10.2. The molecule has 0 bridgehead atoms. The molecule has 0 saturated heterocycles. The molecular formula is C18H27N5O. The minimum Gasteiger partial charge on any atom is -0.494 e. The number of ether oxygens (including phenoxy) is 1. The Morgan fingerprint density at radius 2 is 2.08 bits per heavy atom. The Labute approximate surface area is 143 Å². The molecule has 0 saturated carbocycles. The summed E-state index contributed by atoms with van der Waals surface area (Å²) >= 11 is 0. The number of nitrogens with zero attached hydrogens (tertiary/aromatic N) is 3. The highest BCUT2D eigenvalue weighted by Crippen LogP contribution is 2.18. The van der Waals surface area contributed by atoms with E-state index in [0.717, 1.165) is 36.8 Å². The Morgan fingerprint density at radius 1 is 1.25 bits per heavy atom. The molecule has 1 aromatic carbocycles. The van der Waals surface area contributed by atoms with Crippen molar-refractivity contribution >= 4 is 5.96 Å². The van der Waals surface area contributed by atoms with Crippen molar-refractivity contribution in [3.8, 4) is 5.75 Å². The zero-order valence-corrected chi connectivity index (χ0v) is 14.7. The molecule has 6 heteroatoms. The highest BCUT2D eigenvalue weighted by Gasteiger charge is 2.03. The SMILES string of the molecule is CCNC(=NCc1ccccc1OCC)NCCc1cnn(C)c1. The van der Waals surface area contributed by atoms with Gasteiger partial charge in [0.1, 0.15) is 5.75 Å². The Morgan fingerprint density at radius 3 is 2.79 bits per heavy atom. The second-order valence-electron chi connectivity index (χ2n) is 5.43. The van der Waals surface area contributed by atoms with Gasteiger partial charge < -0.3 is 15.4 Å². The van der Waals surface area contributed by atoms with Gasteiger partial charge in [0.05, 0.1) is 19.3 Å². The first-order valence-electron chi connectivity index (χ1n) is 8.43. The number of rotatable bonds is 8. The molecule has 0 aliphatic rings. The molecule has 0 atom stereocenters. The van der Waals surface area contributed by atoms with Crippen LogP contribution in [0.15, 0.2) is 41.7 Å². The summed E-state index contributed by atoms with van der Waals surface area (Å²) in [6.07, 6.45) is 4.84. The topological polar surface area (TPSA) is 63.5 Å². The molecule has 0 aliphatic carbocycles. The van der Waals surface area contributed by atoms with Gasteiger partial charge in [-0.2, -0.15) is 5.10 Å². The van der Waals surface area contributed by atoms with Crippen molar-refractivity contribution in [3.63, 3.8) is 0 Å². The summed E-state index contributed by atoms with van der Waals surface area (Å²) in [6.45, 7) is 6.93. The van der Waals surface area contributed by atoms with Crippen molar-refractivity contribution in [2.24, 2.45) is 12.0 Å². The third kappa shape index (κ3) is 5.61. The van der Waals surface area contributed by atoms with E-state index in [4.69, 9.17) is 4.74 Å². The van der Waals surface area contributed by atoms with Gasteiger partial charge in [-0.1, -0.05) is 18.2 Å². The summed E-state index contributed by atoms with van der Waals surface area (Å²) in [5.41, 5.74) is 2.30. The van der Waals surface area contributed by atoms with Gasteiger partial charge in [-0.3, -0.25) is 4.68 Å². The van der Waals surface area contributed by atoms with Crippen molar-refractivity contribution in [2.45, 2.75) is 26.8 Å². The molecule has 24 heavy (non-hydrogen) atoms. The van der Waals surface area contributed by atoms with Crippen LogP contribution in [-0.2, 0) is 20.0 Å². The van der Waals surface area contributed by atoms with Crippen LogP contribution >= 0.6 is 0 Å². The van der Waals surface area contributed by atoms with E-state index in [0.29, 0.717) is 13.2 Å². The maximum Gasteiger partial charge on any atom is 0.191 e. The normalized spacial score (nSPS) is 11.4. The molecule has 2 N–H and O–H groups in total. The lowest BCUT2D eigenvalue weighted by molar-refractivity contribution is 0.336. The van der Waals surface area contributed by atoms with Gasteiger partial charge in [0, 0.05) is 31.9 Å². The van der Waals surface area contributed by atoms with Gasteiger partial charge in [-0.05, 0) is 31.9 Å². The number of aliphatic imine (C=N–C) groups is 1. The number of hydrogen-bond donors (Lipinski definition) is 2. The quantitative estimate of drug-likeness (QED) is 0.575. The second-order valence-corrected chi connectivity index (χ2v) is 5.43. The van der Waals surface area contributed by atoms with Gasteiger partial charge in [0.15, 0.2) is 5.96 Å². The van der Waals surface area contributed by atoms with E-state index >= 15 is 0 Å². The number of aryl methyl sites for hydroxylation is 1. The van der Waals surface area contributed by atoms with Gasteiger partial charge in [0.2, 0.25) is 0 Å². The average Bonchev–Trinajstić information content (AvgIpc) is 2.99. The van der Waals surface area contributed by atoms with Crippen LogP contribution in [0.4, 0.5) is 0 Å². The molecule has 1 aromatic heterocycles. The van der Waals surface area contributed by atoms with E-state index in [1.54, 1.807) is 0 Å². The molecule has 0 unspecified atom stereocenters. The molecule has 6 nitrogen and oxygen atoms in total. The van der Waals surface area contributed by atoms with E-state index in [-0.39, 0.29) is 0 Å². The summed E-state index contributed by atoms with van der Waals surface area (Å²) in [6, 6.07) is 8.02. The first-order chi connectivity index (χ1) is 11.7. The van der Waals surface area contributed by atoms with Crippen LogP contribution in [0.3, 0.4) is 0 Å². The van der Waals surface area contributed by atoms with Crippen molar-refractivity contribution in [1.29, 1.82) is 0 Å². The number of para-hydroxylation sites is 1. The molecule has 2 aromatic rings. The maximum atomic E-state index is 5.65. The van der Waals surface area contributed by atoms with E-state index in [9.17, 15) is 0 Å². The number of benzene rings is 1. The van der Waals surface area contributed by atoms with Crippen LogP contribution in [0.2, 0.25) is 0 Å². The minimum atomic E-state index is 0.582. The van der Waals surface area contributed by atoms with Crippen molar-refractivity contribution in [3.05, 3.63) is 47.8 Å². The van der Waals surface area contributed by atoms with E-state index in [2.05, 4.69) is 27.6 Å². The van der Waals surface area contributed by atoms with Crippen molar-refractivity contribution < 1.29 is 4.74 Å². The summed E-state index contributed by atoms with van der Waals surface area (Å²) in [4.78, 5) is 4.66. The zero-order chi connectivity index (χ0) is 17.2. The maximum absolute atomic E-state index is 5.65. The smallest absolute Gasteiger partial charge is 0.191 e. The fourth-order valence-electron chi connectivity index (χ4n) is 2.36. The minimum absolute atomic E-state index is 0.582. The third-order valence-corrected chi connectivity index (χ3v) is 3.49. The highest BCUT2D eigenvalue weighted by atomic mass is 16.5. The van der Waals surface area contributed by atoms with Gasteiger partial charge in [-0.15, -0.1) is 0 Å². The van der Waals surface area contributed by atoms with Gasteiger partial charge in [0.25, 0.3) is 0 Å². The number of aromatic nitrogens is 2. The van der Waals surface area contributed by atoms with Crippen molar-refractivity contribution in [2.75, 3.05) is 19.7 Å². The Kier molecular flexibility index (Phi) is 7.14. The van der Waals surface area contributed by atoms with Crippen LogP contribution in [0.5, 0.6) is 5.75 Å². The zero-order valence-electron chi connectivity index (χ0n) is 14.7. The van der Waals surface area contributed by atoms with Crippen LogP contribution in [0.25, 0.3) is 0 Å². The lowest BCUT2D eigenvalue weighted by Gasteiger charge is -2.12. The number of nitrogens with one attached hydrogen (secondary N) is 2. The van der Waals surface area contributed by atoms with Gasteiger partial charge in [-0.25, -0.2) is 4.99 Å². The van der Waals surface area contributed by atoms with Crippen LogP contribution in [0, 0.1) is 0 Å². The molecule has 0 amide bonds. The molecule has 1 heterocycles. The molecule has 0 fully saturated rings. The van der Waals surface area contributed by atoms with Gasteiger partial charge >= 0.3 is 0 Å². The number of guanidine groups is 1. The average molecular weight is 329 g/mol. The summed E-state index contributed by atoms with van der Waals surface area (Å²) in [5, 5.41) is 10.8.